The maximum atomic E-state index is 12.1. The lowest BCUT2D eigenvalue weighted by Gasteiger charge is -2.05. The molecule has 4 N–H and O–H groups in total. The quantitative estimate of drug-likeness (QED) is 0.431. The summed E-state index contributed by atoms with van der Waals surface area (Å²) in [5.41, 5.74) is 4.23. The molecule has 0 atom stereocenters. The largest absolute Gasteiger partial charge is 0.353 e. The Morgan fingerprint density at radius 3 is 2.82 bits per heavy atom. The Morgan fingerprint density at radius 2 is 2.05 bits per heavy atom. The Hall–Kier alpha value is -2.93. The standard InChI is InChI=1S/C15H14N4O3/c1-8-14-10(9-4-2-3-5-11(9)18-14)6-12(17-8)15(21)16-7-13(20)19-22/h2-6,18,22H,7H2,1H3,(H,16,21)(H,19,20). The summed E-state index contributed by atoms with van der Waals surface area (Å²) in [6, 6.07) is 9.47. The molecule has 0 aliphatic rings. The van der Waals surface area contributed by atoms with E-state index in [2.05, 4.69) is 15.3 Å². The summed E-state index contributed by atoms with van der Waals surface area (Å²) in [4.78, 5) is 30.6. The zero-order valence-corrected chi connectivity index (χ0v) is 11.8. The predicted octanol–water partition coefficient (Wildman–Crippen LogP) is 1.26. The van der Waals surface area contributed by atoms with E-state index in [-0.39, 0.29) is 12.2 Å². The Labute approximate surface area is 125 Å². The van der Waals surface area contributed by atoms with Gasteiger partial charge in [-0.15, -0.1) is 0 Å². The highest BCUT2D eigenvalue weighted by Crippen LogP contribution is 2.27. The molecule has 0 saturated carbocycles. The molecule has 0 fully saturated rings. The van der Waals surface area contributed by atoms with Crippen molar-refractivity contribution in [1.82, 2.24) is 20.8 Å². The molecule has 0 spiro atoms. The van der Waals surface area contributed by atoms with Gasteiger partial charge in [0.2, 0.25) is 0 Å². The SMILES string of the molecule is Cc1nc(C(=O)NCC(=O)NO)cc2c1[nH]c1ccccc12. The van der Waals surface area contributed by atoms with E-state index in [0.717, 1.165) is 21.8 Å². The van der Waals surface area contributed by atoms with E-state index in [1.807, 2.05) is 31.2 Å². The number of carbonyl (C=O) groups excluding carboxylic acids is 2. The second-order valence-electron chi connectivity index (χ2n) is 4.90. The minimum Gasteiger partial charge on any atom is -0.353 e. The first-order valence-corrected chi connectivity index (χ1v) is 6.69. The molecule has 7 heteroatoms. The van der Waals surface area contributed by atoms with Crippen molar-refractivity contribution in [3.8, 4) is 0 Å². The van der Waals surface area contributed by atoms with Gasteiger partial charge < -0.3 is 10.3 Å². The summed E-state index contributed by atoms with van der Waals surface area (Å²) in [5, 5.41) is 12.7. The minimum atomic E-state index is -0.696. The topological polar surface area (TPSA) is 107 Å². The lowest BCUT2D eigenvalue weighted by Crippen LogP contribution is -2.35. The van der Waals surface area contributed by atoms with E-state index in [4.69, 9.17) is 5.21 Å². The molecule has 0 radical (unpaired) electrons. The third-order valence-electron chi connectivity index (χ3n) is 3.44. The first kappa shape index (κ1) is 14.0. The Bertz CT molecular complexity index is 885. The van der Waals surface area contributed by atoms with E-state index in [9.17, 15) is 9.59 Å². The number of rotatable bonds is 3. The molecule has 3 aromatic rings. The van der Waals surface area contributed by atoms with Gasteiger partial charge in [0.15, 0.2) is 0 Å². The highest BCUT2D eigenvalue weighted by molar-refractivity contribution is 6.10. The van der Waals surface area contributed by atoms with Crippen LogP contribution in [0.3, 0.4) is 0 Å². The predicted molar refractivity (Wildman–Crippen MR) is 80.6 cm³/mol. The Balaban J connectivity index is 2.02. The van der Waals surface area contributed by atoms with Gasteiger partial charge >= 0.3 is 0 Å². The van der Waals surface area contributed by atoms with Crippen LogP contribution in [0.2, 0.25) is 0 Å². The van der Waals surface area contributed by atoms with Crippen molar-refractivity contribution < 1.29 is 14.8 Å². The van der Waals surface area contributed by atoms with Crippen LogP contribution in [0.25, 0.3) is 21.8 Å². The van der Waals surface area contributed by atoms with Gasteiger partial charge in [-0.3, -0.25) is 14.8 Å². The fraction of sp³-hybridized carbons (Fsp3) is 0.133. The maximum absolute atomic E-state index is 12.1. The number of carbonyl (C=O) groups is 2. The van der Waals surface area contributed by atoms with Gasteiger partial charge in [-0.2, -0.15) is 0 Å². The minimum absolute atomic E-state index is 0.223. The monoisotopic (exact) mass is 298 g/mol. The van der Waals surface area contributed by atoms with Crippen LogP contribution in [0.15, 0.2) is 30.3 Å². The molecule has 0 bridgehead atoms. The number of hydrogen-bond donors (Lipinski definition) is 4. The summed E-state index contributed by atoms with van der Waals surface area (Å²) in [7, 11) is 0. The van der Waals surface area contributed by atoms with Gasteiger partial charge in [0.25, 0.3) is 11.8 Å². The van der Waals surface area contributed by atoms with Crippen molar-refractivity contribution in [3.63, 3.8) is 0 Å². The van der Waals surface area contributed by atoms with Crippen LogP contribution < -0.4 is 10.8 Å². The van der Waals surface area contributed by atoms with E-state index < -0.39 is 11.8 Å². The van der Waals surface area contributed by atoms with Crippen molar-refractivity contribution in [3.05, 3.63) is 41.7 Å². The zero-order chi connectivity index (χ0) is 15.7. The molecule has 7 nitrogen and oxygen atoms in total. The van der Waals surface area contributed by atoms with E-state index in [1.54, 1.807) is 6.07 Å². The molecule has 3 rings (SSSR count). The summed E-state index contributed by atoms with van der Waals surface area (Å²) < 4.78 is 0. The van der Waals surface area contributed by atoms with Gasteiger partial charge in [0.05, 0.1) is 17.8 Å². The van der Waals surface area contributed by atoms with Crippen molar-refractivity contribution in [2.75, 3.05) is 6.54 Å². The molecule has 22 heavy (non-hydrogen) atoms. The number of fused-ring (bicyclic) bond motifs is 3. The molecule has 112 valence electrons. The van der Waals surface area contributed by atoms with Crippen molar-refractivity contribution in [1.29, 1.82) is 0 Å². The summed E-state index contributed by atoms with van der Waals surface area (Å²) in [6.45, 7) is 1.50. The number of nitrogens with zero attached hydrogens (tertiary/aromatic N) is 1. The fourth-order valence-corrected chi connectivity index (χ4v) is 2.41. The number of aryl methyl sites for hydroxylation is 1. The number of aromatic nitrogens is 2. The molecule has 0 aliphatic heterocycles. The zero-order valence-electron chi connectivity index (χ0n) is 11.8. The molecule has 2 heterocycles. The van der Waals surface area contributed by atoms with Crippen molar-refractivity contribution in [2.45, 2.75) is 6.92 Å². The van der Waals surface area contributed by atoms with Crippen LogP contribution >= 0.6 is 0 Å². The van der Waals surface area contributed by atoms with Crippen molar-refractivity contribution >= 4 is 33.6 Å². The van der Waals surface area contributed by atoms with Crippen LogP contribution in [0.1, 0.15) is 16.2 Å². The number of aromatic amines is 1. The Morgan fingerprint density at radius 1 is 1.27 bits per heavy atom. The first-order chi connectivity index (χ1) is 10.6. The van der Waals surface area contributed by atoms with Gasteiger partial charge in [0.1, 0.15) is 5.69 Å². The van der Waals surface area contributed by atoms with E-state index in [1.165, 1.54) is 5.48 Å². The van der Waals surface area contributed by atoms with Crippen LogP contribution in [0.5, 0.6) is 0 Å². The first-order valence-electron chi connectivity index (χ1n) is 6.69. The normalized spacial score (nSPS) is 10.8. The third-order valence-corrected chi connectivity index (χ3v) is 3.44. The van der Waals surface area contributed by atoms with E-state index >= 15 is 0 Å². The highest BCUT2D eigenvalue weighted by atomic mass is 16.5. The maximum Gasteiger partial charge on any atom is 0.270 e. The molecular formula is C15H14N4O3. The molecule has 1 aromatic carbocycles. The average Bonchev–Trinajstić information content (AvgIpc) is 2.91. The number of para-hydroxylation sites is 1. The fourth-order valence-electron chi connectivity index (χ4n) is 2.41. The highest BCUT2D eigenvalue weighted by Gasteiger charge is 2.14. The van der Waals surface area contributed by atoms with Gasteiger partial charge in [0, 0.05) is 16.3 Å². The van der Waals surface area contributed by atoms with E-state index in [0.29, 0.717) is 5.69 Å². The number of pyridine rings is 1. The molecule has 2 aromatic heterocycles. The van der Waals surface area contributed by atoms with Gasteiger partial charge in [-0.1, -0.05) is 18.2 Å². The Kier molecular flexibility index (Phi) is 3.48. The van der Waals surface area contributed by atoms with Crippen molar-refractivity contribution in [2.24, 2.45) is 0 Å². The third kappa shape index (κ3) is 2.38. The average molecular weight is 298 g/mol. The van der Waals surface area contributed by atoms with Crippen LogP contribution in [0, 0.1) is 6.92 Å². The number of benzene rings is 1. The molecular weight excluding hydrogens is 284 g/mol. The molecule has 0 aliphatic carbocycles. The number of hydrogen-bond acceptors (Lipinski definition) is 4. The van der Waals surface area contributed by atoms with Crippen LogP contribution in [-0.4, -0.2) is 33.5 Å². The summed E-state index contributed by atoms with van der Waals surface area (Å²) in [5.74, 6) is -1.17. The lowest BCUT2D eigenvalue weighted by molar-refractivity contribution is -0.128. The lowest BCUT2D eigenvalue weighted by atomic mass is 10.1. The number of amides is 2. The number of nitrogens with one attached hydrogen (secondary N) is 3. The second kappa shape index (κ2) is 5.45. The number of H-pyrrole nitrogens is 1. The molecule has 0 saturated heterocycles. The van der Waals surface area contributed by atoms with Gasteiger partial charge in [-0.05, 0) is 19.1 Å². The van der Waals surface area contributed by atoms with Crippen LogP contribution in [0.4, 0.5) is 0 Å². The second-order valence-corrected chi connectivity index (χ2v) is 4.90. The summed E-state index contributed by atoms with van der Waals surface area (Å²) in [6.07, 6.45) is 0. The smallest absolute Gasteiger partial charge is 0.270 e. The molecule has 2 amide bonds. The van der Waals surface area contributed by atoms with Crippen LogP contribution in [-0.2, 0) is 4.79 Å². The van der Waals surface area contributed by atoms with Gasteiger partial charge in [-0.25, -0.2) is 10.5 Å². The number of hydroxylamine groups is 1. The molecule has 0 unspecified atom stereocenters. The summed E-state index contributed by atoms with van der Waals surface area (Å²) >= 11 is 0.